The van der Waals surface area contributed by atoms with Crippen molar-refractivity contribution in [2.45, 2.75) is 38.8 Å². The molecule has 1 N–H and O–H groups in total. The Morgan fingerprint density at radius 2 is 2.00 bits per heavy atom. The number of likely N-dealkylation sites (tertiary alicyclic amines) is 1. The lowest BCUT2D eigenvalue weighted by atomic mass is 9.99. The van der Waals surface area contributed by atoms with E-state index in [0.717, 1.165) is 30.7 Å². The monoisotopic (exact) mass is 334 g/mol. The number of esters is 1. The first-order valence-electron chi connectivity index (χ1n) is 8.31. The molecule has 6 nitrogen and oxygen atoms in total. The number of rotatable bonds is 7. The number of carbonyl (C=O) groups is 2. The molecule has 1 aromatic rings. The molecule has 1 unspecified atom stereocenters. The Morgan fingerprint density at radius 3 is 2.62 bits per heavy atom. The van der Waals surface area contributed by atoms with Gasteiger partial charge in [-0.15, -0.1) is 0 Å². The summed E-state index contributed by atoms with van der Waals surface area (Å²) in [5, 5.41) is 2.90. The third kappa shape index (κ3) is 4.26. The highest BCUT2D eigenvalue weighted by Crippen LogP contribution is 2.29. The molecular weight excluding hydrogens is 308 g/mol. The van der Waals surface area contributed by atoms with Crippen molar-refractivity contribution in [3.63, 3.8) is 0 Å². The Labute approximate surface area is 143 Å². The fraction of sp³-hybridized carbons (Fsp3) is 0.556. The van der Waals surface area contributed by atoms with Crippen LogP contribution in [0, 0.1) is 0 Å². The van der Waals surface area contributed by atoms with Crippen LogP contribution < -0.4 is 10.1 Å². The number of nitrogens with one attached hydrogen (secondary N) is 1. The van der Waals surface area contributed by atoms with E-state index in [1.54, 1.807) is 14.0 Å². The molecule has 132 valence electrons. The largest absolute Gasteiger partial charge is 0.497 e. The van der Waals surface area contributed by atoms with Crippen molar-refractivity contribution < 1.29 is 19.1 Å². The molecule has 0 radical (unpaired) electrons. The molecule has 2 rings (SSSR count). The second kappa shape index (κ2) is 8.15. The van der Waals surface area contributed by atoms with Crippen LogP contribution in [0.5, 0.6) is 5.75 Å². The Balaban J connectivity index is 1.87. The molecule has 0 saturated carbocycles. The van der Waals surface area contributed by atoms with Gasteiger partial charge in [0.05, 0.1) is 20.3 Å². The van der Waals surface area contributed by atoms with Crippen molar-refractivity contribution >= 4 is 11.9 Å². The van der Waals surface area contributed by atoms with Gasteiger partial charge >= 0.3 is 5.97 Å². The van der Waals surface area contributed by atoms with Crippen molar-refractivity contribution in [3.8, 4) is 5.75 Å². The second-order valence-corrected chi connectivity index (χ2v) is 6.14. The molecule has 1 amide bonds. The fourth-order valence-electron chi connectivity index (χ4n) is 2.96. The van der Waals surface area contributed by atoms with Gasteiger partial charge in [-0.25, -0.2) is 0 Å². The zero-order chi connectivity index (χ0) is 17.6. The van der Waals surface area contributed by atoms with Crippen molar-refractivity contribution in [3.05, 3.63) is 29.8 Å². The zero-order valence-electron chi connectivity index (χ0n) is 14.6. The average Bonchev–Trinajstić information content (AvgIpc) is 2.95. The number of nitrogens with zero attached hydrogens (tertiary/aromatic N) is 1. The highest BCUT2D eigenvalue weighted by Gasteiger charge is 2.44. The molecule has 1 aliphatic rings. The number of hydrogen-bond acceptors (Lipinski definition) is 5. The van der Waals surface area contributed by atoms with Crippen LogP contribution in [0.1, 0.15) is 32.3 Å². The normalized spacial score (nSPS) is 20.6. The van der Waals surface area contributed by atoms with Gasteiger partial charge in [0.2, 0.25) is 5.91 Å². The first kappa shape index (κ1) is 18.3. The van der Waals surface area contributed by atoms with E-state index in [-0.39, 0.29) is 18.4 Å². The number of carbonyl (C=O) groups excluding carboxylic acids is 2. The Kier molecular flexibility index (Phi) is 6.20. The van der Waals surface area contributed by atoms with E-state index < -0.39 is 5.54 Å². The predicted molar refractivity (Wildman–Crippen MR) is 90.7 cm³/mol. The highest BCUT2D eigenvalue weighted by atomic mass is 16.5. The number of amides is 1. The second-order valence-electron chi connectivity index (χ2n) is 6.14. The van der Waals surface area contributed by atoms with Gasteiger partial charge in [-0.1, -0.05) is 12.1 Å². The Hall–Kier alpha value is -2.08. The van der Waals surface area contributed by atoms with E-state index in [2.05, 4.69) is 5.32 Å². The summed E-state index contributed by atoms with van der Waals surface area (Å²) in [6.45, 7) is 5.38. The molecule has 0 spiro atoms. The maximum Gasteiger partial charge on any atom is 0.326 e. The minimum Gasteiger partial charge on any atom is -0.497 e. The Bertz CT molecular complexity index is 573. The molecule has 1 saturated heterocycles. The van der Waals surface area contributed by atoms with Crippen LogP contribution in [0.15, 0.2) is 24.3 Å². The van der Waals surface area contributed by atoms with Crippen LogP contribution >= 0.6 is 0 Å². The standard InChI is InChI=1S/C18H26N2O4/c1-4-24-17(22)18(2)10-5-11-20(18)13-16(21)19-12-14-6-8-15(23-3)9-7-14/h6-9H,4-5,10-13H2,1-3H3,(H,19,21). The molecule has 1 aliphatic heterocycles. The van der Waals surface area contributed by atoms with Gasteiger partial charge < -0.3 is 14.8 Å². The third-order valence-electron chi connectivity index (χ3n) is 4.49. The van der Waals surface area contributed by atoms with Crippen LogP contribution in [0.25, 0.3) is 0 Å². The van der Waals surface area contributed by atoms with Crippen LogP contribution in [0.2, 0.25) is 0 Å². The molecule has 24 heavy (non-hydrogen) atoms. The minimum atomic E-state index is -0.701. The van der Waals surface area contributed by atoms with Gasteiger partial charge in [0.15, 0.2) is 0 Å². The number of hydrogen-bond donors (Lipinski definition) is 1. The van der Waals surface area contributed by atoms with Crippen LogP contribution in [-0.2, 0) is 20.9 Å². The number of benzene rings is 1. The van der Waals surface area contributed by atoms with Crippen molar-refractivity contribution in [1.29, 1.82) is 0 Å². The van der Waals surface area contributed by atoms with E-state index in [4.69, 9.17) is 9.47 Å². The van der Waals surface area contributed by atoms with Crippen molar-refractivity contribution in [2.75, 3.05) is 26.8 Å². The quantitative estimate of drug-likeness (QED) is 0.769. The number of methoxy groups -OCH3 is 1. The lowest BCUT2D eigenvalue weighted by Gasteiger charge is -2.32. The molecule has 1 aromatic carbocycles. The highest BCUT2D eigenvalue weighted by molar-refractivity contribution is 5.83. The van der Waals surface area contributed by atoms with Gasteiger partial charge in [0.1, 0.15) is 11.3 Å². The molecule has 0 aromatic heterocycles. The molecule has 0 aliphatic carbocycles. The molecule has 6 heteroatoms. The number of ether oxygens (including phenoxy) is 2. The minimum absolute atomic E-state index is 0.0942. The SMILES string of the molecule is CCOC(=O)C1(C)CCCN1CC(=O)NCc1ccc(OC)cc1. The summed E-state index contributed by atoms with van der Waals surface area (Å²) in [5.41, 5.74) is 0.298. The molecule has 1 atom stereocenters. The molecule has 1 fully saturated rings. The summed E-state index contributed by atoms with van der Waals surface area (Å²) in [7, 11) is 1.62. The summed E-state index contributed by atoms with van der Waals surface area (Å²) in [6.07, 6.45) is 1.61. The van der Waals surface area contributed by atoms with Gasteiger partial charge in [-0.05, 0) is 50.9 Å². The maximum absolute atomic E-state index is 12.2. The predicted octanol–water partition coefficient (Wildman–Crippen LogP) is 1.73. The molecule has 0 bridgehead atoms. The van der Waals surface area contributed by atoms with E-state index in [0.29, 0.717) is 13.2 Å². The lowest BCUT2D eigenvalue weighted by Crippen LogP contribution is -2.52. The third-order valence-corrected chi connectivity index (χ3v) is 4.49. The average molecular weight is 334 g/mol. The van der Waals surface area contributed by atoms with E-state index in [1.165, 1.54) is 0 Å². The molecular formula is C18H26N2O4. The van der Waals surface area contributed by atoms with Crippen LogP contribution in [-0.4, -0.2) is 49.1 Å². The summed E-state index contributed by atoms with van der Waals surface area (Å²) in [6, 6.07) is 7.55. The Morgan fingerprint density at radius 1 is 1.29 bits per heavy atom. The molecule has 1 heterocycles. The fourth-order valence-corrected chi connectivity index (χ4v) is 2.96. The zero-order valence-corrected chi connectivity index (χ0v) is 14.6. The van der Waals surface area contributed by atoms with Crippen molar-refractivity contribution in [1.82, 2.24) is 10.2 Å². The van der Waals surface area contributed by atoms with Crippen LogP contribution in [0.3, 0.4) is 0 Å². The maximum atomic E-state index is 12.2. The van der Waals surface area contributed by atoms with E-state index in [1.807, 2.05) is 36.1 Å². The summed E-state index contributed by atoms with van der Waals surface area (Å²) < 4.78 is 10.3. The summed E-state index contributed by atoms with van der Waals surface area (Å²) in [4.78, 5) is 26.3. The van der Waals surface area contributed by atoms with Crippen molar-refractivity contribution in [2.24, 2.45) is 0 Å². The smallest absolute Gasteiger partial charge is 0.326 e. The first-order valence-corrected chi connectivity index (χ1v) is 8.31. The van der Waals surface area contributed by atoms with E-state index in [9.17, 15) is 9.59 Å². The van der Waals surface area contributed by atoms with E-state index >= 15 is 0 Å². The van der Waals surface area contributed by atoms with Gasteiger partial charge in [-0.3, -0.25) is 14.5 Å². The summed E-state index contributed by atoms with van der Waals surface area (Å²) in [5.74, 6) is 0.445. The van der Waals surface area contributed by atoms with Crippen LogP contribution in [0.4, 0.5) is 0 Å². The van der Waals surface area contributed by atoms with Gasteiger partial charge in [0.25, 0.3) is 0 Å². The lowest BCUT2D eigenvalue weighted by molar-refractivity contribution is -0.155. The van der Waals surface area contributed by atoms with Gasteiger partial charge in [-0.2, -0.15) is 0 Å². The first-order chi connectivity index (χ1) is 11.5. The van der Waals surface area contributed by atoms with Gasteiger partial charge in [0, 0.05) is 6.54 Å². The topological polar surface area (TPSA) is 67.9 Å². The summed E-state index contributed by atoms with van der Waals surface area (Å²) >= 11 is 0.